The Labute approximate surface area is 123 Å². The Balaban J connectivity index is 2.21. The molecule has 0 aliphatic heterocycles. The van der Waals surface area contributed by atoms with Crippen LogP contribution in [0.4, 0.5) is 5.69 Å². The molecule has 1 N–H and O–H groups in total. The number of nitrogens with one attached hydrogen (secondary N) is 1. The van der Waals surface area contributed by atoms with Gasteiger partial charge in [-0.15, -0.1) is 11.3 Å². The highest BCUT2D eigenvalue weighted by atomic mass is 79.9. The minimum atomic E-state index is 0.320. The normalized spacial score (nSPS) is 12.5. The molecule has 2 aromatic rings. The van der Waals surface area contributed by atoms with Crippen molar-refractivity contribution in [1.29, 1.82) is 0 Å². The first kappa shape index (κ1) is 13.1. The largest absolute Gasteiger partial charge is 0.377 e. The van der Waals surface area contributed by atoms with E-state index in [-0.39, 0.29) is 0 Å². The second-order valence-electron chi connectivity index (χ2n) is 3.96. The van der Waals surface area contributed by atoms with Gasteiger partial charge in [-0.2, -0.15) is 0 Å². The molecule has 0 saturated carbocycles. The van der Waals surface area contributed by atoms with E-state index in [2.05, 4.69) is 68.5 Å². The van der Waals surface area contributed by atoms with Gasteiger partial charge in [-0.05, 0) is 65.0 Å². The van der Waals surface area contributed by atoms with Crippen LogP contribution in [0.2, 0.25) is 0 Å². The Kier molecular flexibility index (Phi) is 4.28. The summed E-state index contributed by atoms with van der Waals surface area (Å²) in [5, 5.41) is 5.67. The zero-order valence-corrected chi connectivity index (χ0v) is 13.6. The van der Waals surface area contributed by atoms with Crippen molar-refractivity contribution in [2.24, 2.45) is 0 Å². The number of rotatable bonds is 3. The highest BCUT2D eigenvalue weighted by Gasteiger charge is 2.11. The molecule has 0 radical (unpaired) electrons. The zero-order chi connectivity index (χ0) is 12.4. The van der Waals surface area contributed by atoms with Crippen LogP contribution in [0.3, 0.4) is 0 Å². The van der Waals surface area contributed by atoms with Crippen molar-refractivity contribution in [3.8, 4) is 0 Å². The van der Waals surface area contributed by atoms with E-state index in [0.717, 1.165) is 14.6 Å². The average molecular weight is 375 g/mol. The smallest absolute Gasteiger partial charge is 0.0581 e. The van der Waals surface area contributed by atoms with Crippen LogP contribution in [0.15, 0.2) is 38.6 Å². The SMILES string of the molecule is Cc1ccsc1C(C)Nc1cc(Br)ccc1Br. The number of halogens is 2. The van der Waals surface area contributed by atoms with Crippen LogP contribution in [-0.2, 0) is 0 Å². The molecule has 1 nitrogen and oxygen atoms in total. The second kappa shape index (κ2) is 5.55. The number of anilines is 1. The minimum Gasteiger partial charge on any atom is -0.377 e. The number of thiophene rings is 1. The van der Waals surface area contributed by atoms with Crippen LogP contribution in [0.25, 0.3) is 0 Å². The summed E-state index contributed by atoms with van der Waals surface area (Å²) in [6.45, 7) is 4.34. The second-order valence-corrected chi connectivity index (χ2v) is 6.68. The predicted octanol–water partition coefficient (Wildman–Crippen LogP) is 5.75. The lowest BCUT2D eigenvalue weighted by atomic mass is 10.2. The molecule has 1 aromatic heterocycles. The van der Waals surface area contributed by atoms with E-state index < -0.39 is 0 Å². The highest BCUT2D eigenvalue weighted by molar-refractivity contribution is 9.11. The molecule has 1 unspecified atom stereocenters. The van der Waals surface area contributed by atoms with E-state index in [9.17, 15) is 0 Å². The lowest BCUT2D eigenvalue weighted by Gasteiger charge is -2.16. The van der Waals surface area contributed by atoms with Crippen LogP contribution < -0.4 is 5.32 Å². The van der Waals surface area contributed by atoms with Crippen LogP contribution in [0, 0.1) is 6.92 Å². The Morgan fingerprint density at radius 1 is 1.24 bits per heavy atom. The molecular weight excluding hydrogens is 362 g/mol. The quantitative estimate of drug-likeness (QED) is 0.720. The summed E-state index contributed by atoms with van der Waals surface area (Å²) in [6.07, 6.45) is 0. The van der Waals surface area contributed by atoms with Crippen molar-refractivity contribution in [3.05, 3.63) is 49.0 Å². The van der Waals surface area contributed by atoms with Gasteiger partial charge in [0.2, 0.25) is 0 Å². The van der Waals surface area contributed by atoms with Crippen LogP contribution in [0.5, 0.6) is 0 Å². The van der Waals surface area contributed by atoms with E-state index >= 15 is 0 Å². The molecule has 1 aromatic carbocycles. The van der Waals surface area contributed by atoms with Gasteiger partial charge in [0.05, 0.1) is 11.7 Å². The van der Waals surface area contributed by atoms with Gasteiger partial charge >= 0.3 is 0 Å². The van der Waals surface area contributed by atoms with Crippen LogP contribution >= 0.6 is 43.2 Å². The molecule has 0 fully saturated rings. The maximum atomic E-state index is 3.56. The molecule has 0 bridgehead atoms. The first-order valence-corrected chi connectivity index (χ1v) is 7.80. The first-order chi connectivity index (χ1) is 8.08. The lowest BCUT2D eigenvalue weighted by Crippen LogP contribution is -2.06. The molecule has 1 heterocycles. The Hall–Kier alpha value is -0.320. The Morgan fingerprint density at radius 3 is 2.65 bits per heavy atom. The zero-order valence-electron chi connectivity index (χ0n) is 9.63. The van der Waals surface area contributed by atoms with Gasteiger partial charge in [0.15, 0.2) is 0 Å². The fourth-order valence-electron chi connectivity index (χ4n) is 1.73. The topological polar surface area (TPSA) is 12.0 Å². The van der Waals surface area contributed by atoms with Gasteiger partial charge in [-0.25, -0.2) is 0 Å². The minimum absolute atomic E-state index is 0.320. The molecular formula is C13H13Br2NS. The molecule has 1 atom stereocenters. The van der Waals surface area contributed by atoms with Crippen molar-refractivity contribution in [2.45, 2.75) is 19.9 Å². The molecule has 90 valence electrons. The van der Waals surface area contributed by atoms with E-state index in [1.165, 1.54) is 10.4 Å². The Morgan fingerprint density at radius 2 is 2.00 bits per heavy atom. The van der Waals surface area contributed by atoms with Gasteiger partial charge in [-0.1, -0.05) is 15.9 Å². The van der Waals surface area contributed by atoms with Crippen molar-refractivity contribution in [3.63, 3.8) is 0 Å². The van der Waals surface area contributed by atoms with Crippen molar-refractivity contribution in [2.75, 3.05) is 5.32 Å². The summed E-state index contributed by atoms with van der Waals surface area (Å²) in [6, 6.07) is 8.63. The molecule has 0 spiro atoms. The fourth-order valence-corrected chi connectivity index (χ4v) is 3.39. The molecule has 2 rings (SSSR count). The molecule has 0 aliphatic carbocycles. The van der Waals surface area contributed by atoms with E-state index in [4.69, 9.17) is 0 Å². The first-order valence-electron chi connectivity index (χ1n) is 5.33. The van der Waals surface area contributed by atoms with Gasteiger partial charge in [0.25, 0.3) is 0 Å². The maximum absolute atomic E-state index is 3.56. The Bertz CT molecular complexity index is 522. The monoisotopic (exact) mass is 373 g/mol. The number of hydrogen-bond donors (Lipinski definition) is 1. The summed E-state index contributed by atoms with van der Waals surface area (Å²) in [7, 11) is 0. The van der Waals surface area contributed by atoms with Gasteiger partial charge < -0.3 is 5.32 Å². The summed E-state index contributed by atoms with van der Waals surface area (Å²) in [4.78, 5) is 1.39. The van der Waals surface area contributed by atoms with E-state index in [1.54, 1.807) is 11.3 Å². The van der Waals surface area contributed by atoms with Crippen LogP contribution in [-0.4, -0.2) is 0 Å². The number of benzene rings is 1. The molecule has 0 aliphatic rings. The van der Waals surface area contributed by atoms with Gasteiger partial charge in [-0.3, -0.25) is 0 Å². The van der Waals surface area contributed by atoms with Crippen molar-refractivity contribution >= 4 is 48.9 Å². The van der Waals surface area contributed by atoms with E-state index in [1.807, 2.05) is 12.1 Å². The van der Waals surface area contributed by atoms with Gasteiger partial charge in [0, 0.05) is 13.8 Å². The highest BCUT2D eigenvalue weighted by Crippen LogP contribution is 2.31. The third kappa shape index (κ3) is 3.12. The molecule has 0 saturated heterocycles. The predicted molar refractivity (Wildman–Crippen MR) is 82.9 cm³/mol. The summed E-state index contributed by atoms with van der Waals surface area (Å²) < 4.78 is 2.17. The number of aryl methyl sites for hydroxylation is 1. The third-order valence-corrected chi connectivity index (χ3v) is 4.98. The molecule has 4 heteroatoms. The molecule has 17 heavy (non-hydrogen) atoms. The summed E-state index contributed by atoms with van der Waals surface area (Å²) in [5.74, 6) is 0. The lowest BCUT2D eigenvalue weighted by molar-refractivity contribution is 0.897. The van der Waals surface area contributed by atoms with E-state index in [0.29, 0.717) is 6.04 Å². The standard InChI is InChI=1S/C13H13Br2NS/c1-8-5-6-17-13(8)9(2)16-12-7-10(14)3-4-11(12)15/h3-7,9,16H,1-2H3. The molecule has 0 amide bonds. The summed E-state index contributed by atoms with van der Waals surface area (Å²) in [5.41, 5.74) is 2.46. The van der Waals surface area contributed by atoms with Gasteiger partial charge in [0.1, 0.15) is 0 Å². The maximum Gasteiger partial charge on any atom is 0.0581 e. The van der Waals surface area contributed by atoms with Crippen LogP contribution in [0.1, 0.15) is 23.4 Å². The average Bonchev–Trinajstić information content (AvgIpc) is 2.70. The number of hydrogen-bond acceptors (Lipinski definition) is 2. The fraction of sp³-hybridized carbons (Fsp3) is 0.231. The van der Waals surface area contributed by atoms with Crippen molar-refractivity contribution < 1.29 is 0 Å². The summed E-state index contributed by atoms with van der Waals surface area (Å²) >= 11 is 8.85. The van der Waals surface area contributed by atoms with Crippen molar-refractivity contribution in [1.82, 2.24) is 0 Å². The third-order valence-electron chi connectivity index (χ3n) is 2.60.